The van der Waals surface area contributed by atoms with Crippen molar-refractivity contribution in [3.8, 4) is 11.5 Å². The van der Waals surface area contributed by atoms with Gasteiger partial charge in [-0.1, -0.05) is 12.1 Å². The van der Waals surface area contributed by atoms with Gasteiger partial charge in [0, 0.05) is 51.4 Å². The Morgan fingerprint density at radius 2 is 1.75 bits per heavy atom. The largest absolute Gasteiger partial charge is 0.493 e. The topological polar surface area (TPSA) is 71.6 Å². The van der Waals surface area contributed by atoms with E-state index in [1.165, 1.54) is 9.88 Å². The van der Waals surface area contributed by atoms with E-state index in [0.29, 0.717) is 59.1 Å². The predicted molar refractivity (Wildman–Crippen MR) is 106 cm³/mol. The predicted octanol–water partition coefficient (Wildman–Crippen LogP) is 0.666. The molecular weight excluding hydrogens is 382 g/mol. The maximum Gasteiger partial charge on any atom is 0.282 e. The first-order valence-corrected chi connectivity index (χ1v) is 11.0. The molecule has 0 amide bonds. The molecular formula is C19H27N3O5S. The zero-order valence-corrected chi connectivity index (χ0v) is 17.0. The summed E-state index contributed by atoms with van der Waals surface area (Å²) in [5, 5.41) is 0. The molecule has 8 nitrogen and oxygen atoms in total. The van der Waals surface area contributed by atoms with E-state index in [1.807, 2.05) is 18.2 Å². The van der Waals surface area contributed by atoms with Gasteiger partial charge in [-0.05, 0) is 17.7 Å². The number of hydrogen-bond donors (Lipinski definition) is 0. The minimum atomic E-state index is -3.38. The second kappa shape index (κ2) is 8.38. The van der Waals surface area contributed by atoms with Gasteiger partial charge in [0.15, 0.2) is 11.5 Å². The second-order valence-electron chi connectivity index (χ2n) is 7.16. The number of para-hydroxylation sites is 1. The zero-order chi connectivity index (χ0) is 19.6. The standard InChI is InChI=1S/C19H27N3O5S/c1-25-18-4-2-3-17-13-16(15-27-19(17)18)14-20-5-7-21(8-6-20)28(23,24)22-9-11-26-12-10-22/h2-4,13H,5-12,14-15H2,1H3. The highest BCUT2D eigenvalue weighted by Crippen LogP contribution is 2.35. The van der Waals surface area contributed by atoms with E-state index in [0.717, 1.165) is 23.6 Å². The summed E-state index contributed by atoms with van der Waals surface area (Å²) in [6, 6.07) is 5.87. The van der Waals surface area contributed by atoms with Gasteiger partial charge in [-0.15, -0.1) is 0 Å². The zero-order valence-electron chi connectivity index (χ0n) is 16.2. The molecule has 0 unspecified atom stereocenters. The number of hydrogen-bond acceptors (Lipinski definition) is 6. The van der Waals surface area contributed by atoms with Crippen LogP contribution in [0.4, 0.5) is 0 Å². The van der Waals surface area contributed by atoms with Crippen LogP contribution < -0.4 is 9.47 Å². The number of benzene rings is 1. The molecule has 0 bridgehead atoms. The highest BCUT2D eigenvalue weighted by Gasteiger charge is 2.33. The maximum absolute atomic E-state index is 12.8. The molecule has 0 aliphatic carbocycles. The third-order valence-corrected chi connectivity index (χ3v) is 7.41. The van der Waals surface area contributed by atoms with Crippen molar-refractivity contribution in [3.05, 3.63) is 29.3 Å². The molecule has 0 aromatic heterocycles. The SMILES string of the molecule is COc1cccc2c1OCC(CN1CCN(S(=O)(=O)N3CCOCC3)CC1)=C2. The van der Waals surface area contributed by atoms with Crippen molar-refractivity contribution in [2.75, 3.05) is 72.7 Å². The lowest BCUT2D eigenvalue weighted by Crippen LogP contribution is -2.55. The first-order valence-electron chi connectivity index (χ1n) is 9.62. The summed E-state index contributed by atoms with van der Waals surface area (Å²) in [6.45, 7) is 5.58. The lowest BCUT2D eigenvalue weighted by atomic mass is 10.1. The summed E-state index contributed by atoms with van der Waals surface area (Å²) in [6.07, 6.45) is 2.15. The van der Waals surface area contributed by atoms with Gasteiger partial charge >= 0.3 is 0 Å². The third kappa shape index (κ3) is 4.04. The molecule has 3 aliphatic rings. The molecule has 2 fully saturated rings. The van der Waals surface area contributed by atoms with Crippen LogP contribution in [-0.2, 0) is 14.9 Å². The van der Waals surface area contributed by atoms with E-state index < -0.39 is 10.2 Å². The Morgan fingerprint density at radius 1 is 1.04 bits per heavy atom. The molecule has 1 aromatic carbocycles. The Bertz CT molecular complexity index is 828. The van der Waals surface area contributed by atoms with Crippen molar-refractivity contribution in [2.45, 2.75) is 0 Å². The summed E-state index contributed by atoms with van der Waals surface area (Å²) in [5.74, 6) is 1.53. The van der Waals surface area contributed by atoms with E-state index in [2.05, 4.69) is 11.0 Å². The van der Waals surface area contributed by atoms with E-state index in [1.54, 1.807) is 11.4 Å². The summed E-state index contributed by atoms with van der Waals surface area (Å²) in [7, 11) is -1.74. The van der Waals surface area contributed by atoms with E-state index in [9.17, 15) is 8.42 Å². The molecule has 28 heavy (non-hydrogen) atoms. The first kappa shape index (κ1) is 19.7. The Kier molecular flexibility index (Phi) is 5.88. The Hall–Kier alpha value is -1.65. The van der Waals surface area contributed by atoms with Crippen LogP contribution in [0.5, 0.6) is 11.5 Å². The smallest absolute Gasteiger partial charge is 0.282 e. The van der Waals surface area contributed by atoms with Gasteiger partial charge in [-0.2, -0.15) is 17.0 Å². The molecule has 0 radical (unpaired) electrons. The van der Waals surface area contributed by atoms with Crippen LogP contribution in [0.25, 0.3) is 6.08 Å². The molecule has 1 aromatic rings. The van der Waals surface area contributed by atoms with Crippen LogP contribution in [0, 0.1) is 0 Å². The maximum atomic E-state index is 12.8. The van der Waals surface area contributed by atoms with Gasteiger partial charge in [0.05, 0.1) is 20.3 Å². The average molecular weight is 410 g/mol. The fourth-order valence-electron chi connectivity index (χ4n) is 3.83. The Labute approximate surface area is 166 Å². The number of nitrogens with zero attached hydrogens (tertiary/aromatic N) is 3. The molecule has 154 valence electrons. The van der Waals surface area contributed by atoms with Crippen molar-refractivity contribution in [2.24, 2.45) is 0 Å². The molecule has 0 saturated carbocycles. The lowest BCUT2D eigenvalue weighted by molar-refractivity contribution is 0.0686. The number of piperazine rings is 1. The Balaban J connectivity index is 1.35. The minimum absolute atomic E-state index is 0.440. The van der Waals surface area contributed by atoms with Gasteiger partial charge in [0.25, 0.3) is 10.2 Å². The van der Waals surface area contributed by atoms with Crippen LogP contribution >= 0.6 is 0 Å². The quantitative estimate of drug-likeness (QED) is 0.712. The molecule has 0 atom stereocenters. The molecule has 9 heteroatoms. The summed E-state index contributed by atoms with van der Waals surface area (Å²) in [4.78, 5) is 2.28. The average Bonchev–Trinajstić information content (AvgIpc) is 2.74. The highest BCUT2D eigenvalue weighted by atomic mass is 32.2. The van der Waals surface area contributed by atoms with Crippen LogP contribution in [0.1, 0.15) is 5.56 Å². The third-order valence-electron chi connectivity index (χ3n) is 5.37. The van der Waals surface area contributed by atoms with Crippen molar-refractivity contribution < 1.29 is 22.6 Å². The molecule has 0 N–H and O–H groups in total. The molecule has 4 rings (SSSR count). The van der Waals surface area contributed by atoms with Gasteiger partial charge in [-0.25, -0.2) is 0 Å². The van der Waals surface area contributed by atoms with Crippen LogP contribution in [0.2, 0.25) is 0 Å². The van der Waals surface area contributed by atoms with Crippen LogP contribution in [0.15, 0.2) is 23.8 Å². The van der Waals surface area contributed by atoms with E-state index in [4.69, 9.17) is 14.2 Å². The summed E-state index contributed by atoms with van der Waals surface area (Å²) < 4.78 is 45.2. The van der Waals surface area contributed by atoms with Gasteiger partial charge < -0.3 is 14.2 Å². The number of morpholine rings is 1. The van der Waals surface area contributed by atoms with Crippen molar-refractivity contribution in [1.29, 1.82) is 0 Å². The number of fused-ring (bicyclic) bond motifs is 1. The van der Waals surface area contributed by atoms with Gasteiger partial charge in [-0.3, -0.25) is 4.90 Å². The van der Waals surface area contributed by atoms with Crippen molar-refractivity contribution >= 4 is 16.3 Å². The Morgan fingerprint density at radius 3 is 2.46 bits per heavy atom. The van der Waals surface area contributed by atoms with Crippen LogP contribution in [-0.4, -0.2) is 94.7 Å². The monoisotopic (exact) mass is 409 g/mol. The van der Waals surface area contributed by atoms with Crippen molar-refractivity contribution in [3.63, 3.8) is 0 Å². The van der Waals surface area contributed by atoms with Crippen molar-refractivity contribution in [1.82, 2.24) is 13.5 Å². The van der Waals surface area contributed by atoms with E-state index in [-0.39, 0.29) is 0 Å². The minimum Gasteiger partial charge on any atom is -0.493 e. The summed E-state index contributed by atoms with van der Waals surface area (Å²) >= 11 is 0. The number of methoxy groups -OCH3 is 1. The van der Waals surface area contributed by atoms with Crippen LogP contribution in [0.3, 0.4) is 0 Å². The van der Waals surface area contributed by atoms with Gasteiger partial charge in [0.1, 0.15) is 6.61 Å². The fraction of sp³-hybridized carbons (Fsp3) is 0.579. The number of rotatable bonds is 5. The molecule has 3 aliphatic heterocycles. The van der Waals surface area contributed by atoms with Gasteiger partial charge in [0.2, 0.25) is 0 Å². The number of ether oxygens (including phenoxy) is 3. The fourth-order valence-corrected chi connectivity index (χ4v) is 5.39. The van der Waals surface area contributed by atoms with E-state index >= 15 is 0 Å². The highest BCUT2D eigenvalue weighted by molar-refractivity contribution is 7.86. The molecule has 2 saturated heterocycles. The normalized spacial score (nSPS) is 22.2. The second-order valence-corrected chi connectivity index (χ2v) is 9.09. The summed E-state index contributed by atoms with van der Waals surface area (Å²) in [5.41, 5.74) is 2.21. The molecule has 3 heterocycles. The lowest BCUT2D eigenvalue weighted by Gasteiger charge is -2.38. The first-order chi connectivity index (χ1) is 13.6. The molecule has 0 spiro atoms.